The molecule has 0 radical (unpaired) electrons. The average Bonchev–Trinajstić information content (AvgIpc) is 2.76. The summed E-state index contributed by atoms with van der Waals surface area (Å²) in [7, 11) is 0. The van der Waals surface area contributed by atoms with Gasteiger partial charge < -0.3 is 11.1 Å². The number of carbonyl (C=O) groups is 1. The molecule has 0 saturated carbocycles. The van der Waals surface area contributed by atoms with Gasteiger partial charge in [-0.05, 0) is 31.9 Å². The van der Waals surface area contributed by atoms with Crippen LogP contribution in [0.15, 0.2) is 35.8 Å². The van der Waals surface area contributed by atoms with Crippen LogP contribution >= 0.6 is 11.3 Å². The molecule has 0 fully saturated rings. The minimum Gasteiger partial charge on any atom is -0.400 e. The predicted octanol–water partition coefficient (Wildman–Crippen LogP) is 2.10. The van der Waals surface area contributed by atoms with E-state index >= 15 is 0 Å². The Morgan fingerprint density at radius 3 is 3.11 bits per heavy atom. The highest BCUT2D eigenvalue weighted by molar-refractivity contribution is 7.12. The molecule has 5 heteroatoms. The highest BCUT2D eigenvalue weighted by atomic mass is 32.1. The number of aromatic nitrogens is 1. The monoisotopic (exact) mass is 261 g/mol. The van der Waals surface area contributed by atoms with E-state index in [1.165, 1.54) is 6.08 Å². The molecular formula is C13H15N3OS. The zero-order valence-corrected chi connectivity index (χ0v) is 11.0. The van der Waals surface area contributed by atoms with E-state index in [1.807, 2.05) is 19.1 Å². The molecule has 0 aliphatic heterocycles. The molecule has 94 valence electrons. The summed E-state index contributed by atoms with van der Waals surface area (Å²) in [4.78, 5) is 16.8. The number of hydrogen-bond donors (Lipinski definition) is 2. The van der Waals surface area contributed by atoms with Gasteiger partial charge in [0.05, 0.1) is 10.7 Å². The standard InChI is InChI=1S/C13H15N3OS/c1-9-15-8-10(18-9)6-7-13(17)16-12-5-3-2-4-11(12)14/h3,5-8H,2,4,14H2,1H3,(H,16,17)/b7-6+. The summed E-state index contributed by atoms with van der Waals surface area (Å²) in [5.41, 5.74) is 7.25. The molecule has 1 amide bonds. The highest BCUT2D eigenvalue weighted by Crippen LogP contribution is 2.14. The Balaban J connectivity index is 1.97. The fraction of sp³-hybridized carbons (Fsp3) is 0.231. The topological polar surface area (TPSA) is 68.0 Å². The Morgan fingerprint density at radius 2 is 2.44 bits per heavy atom. The fourth-order valence-corrected chi connectivity index (χ4v) is 2.28. The van der Waals surface area contributed by atoms with E-state index in [4.69, 9.17) is 5.73 Å². The van der Waals surface area contributed by atoms with Gasteiger partial charge in [-0.1, -0.05) is 6.08 Å². The number of nitrogens with one attached hydrogen (secondary N) is 1. The third-order valence-electron chi connectivity index (χ3n) is 2.51. The van der Waals surface area contributed by atoms with E-state index < -0.39 is 0 Å². The lowest BCUT2D eigenvalue weighted by molar-refractivity contribution is -0.115. The normalized spacial score (nSPS) is 15.4. The summed E-state index contributed by atoms with van der Waals surface area (Å²) < 4.78 is 0. The minimum absolute atomic E-state index is 0.175. The maximum absolute atomic E-state index is 11.7. The second-order valence-electron chi connectivity index (χ2n) is 3.98. The van der Waals surface area contributed by atoms with Crippen LogP contribution in [0.5, 0.6) is 0 Å². The molecule has 1 aliphatic rings. The van der Waals surface area contributed by atoms with Crippen molar-refractivity contribution < 1.29 is 4.79 Å². The summed E-state index contributed by atoms with van der Waals surface area (Å²) in [6, 6.07) is 0. The van der Waals surface area contributed by atoms with E-state index in [-0.39, 0.29) is 5.91 Å². The zero-order chi connectivity index (χ0) is 13.0. The van der Waals surface area contributed by atoms with Crippen molar-refractivity contribution in [3.05, 3.63) is 45.7 Å². The molecule has 2 rings (SSSR count). The van der Waals surface area contributed by atoms with Crippen molar-refractivity contribution in [3.8, 4) is 0 Å². The number of rotatable bonds is 3. The van der Waals surface area contributed by atoms with Crippen LogP contribution in [-0.2, 0) is 4.79 Å². The smallest absolute Gasteiger partial charge is 0.248 e. The number of amides is 1. The van der Waals surface area contributed by atoms with Crippen LogP contribution in [0.4, 0.5) is 0 Å². The quantitative estimate of drug-likeness (QED) is 0.819. The molecular weight excluding hydrogens is 246 g/mol. The number of carbonyl (C=O) groups excluding carboxylic acids is 1. The van der Waals surface area contributed by atoms with Gasteiger partial charge in [0.1, 0.15) is 0 Å². The van der Waals surface area contributed by atoms with Crippen LogP contribution in [0.1, 0.15) is 22.7 Å². The molecule has 0 spiro atoms. The van der Waals surface area contributed by atoms with Crippen molar-refractivity contribution in [1.29, 1.82) is 0 Å². The molecule has 18 heavy (non-hydrogen) atoms. The van der Waals surface area contributed by atoms with Crippen molar-refractivity contribution in [2.75, 3.05) is 0 Å². The summed E-state index contributed by atoms with van der Waals surface area (Å²) in [5, 5.41) is 3.76. The summed E-state index contributed by atoms with van der Waals surface area (Å²) in [5.74, 6) is -0.175. The third kappa shape index (κ3) is 3.30. The lowest BCUT2D eigenvalue weighted by Gasteiger charge is -2.11. The Labute approximate surface area is 110 Å². The van der Waals surface area contributed by atoms with Crippen molar-refractivity contribution in [1.82, 2.24) is 10.3 Å². The number of hydrogen-bond acceptors (Lipinski definition) is 4. The first kappa shape index (κ1) is 12.6. The lowest BCUT2D eigenvalue weighted by atomic mass is 10.1. The lowest BCUT2D eigenvalue weighted by Crippen LogP contribution is -2.23. The maximum atomic E-state index is 11.7. The molecule has 4 nitrogen and oxygen atoms in total. The molecule has 1 heterocycles. The first-order valence-corrected chi connectivity index (χ1v) is 6.53. The molecule has 1 aromatic heterocycles. The van der Waals surface area contributed by atoms with Gasteiger partial charge in [-0.2, -0.15) is 0 Å². The molecule has 0 aromatic carbocycles. The van der Waals surface area contributed by atoms with Crippen LogP contribution in [0.25, 0.3) is 6.08 Å². The molecule has 0 unspecified atom stereocenters. The fourth-order valence-electron chi connectivity index (χ4n) is 1.59. The summed E-state index contributed by atoms with van der Waals surface area (Å²) >= 11 is 1.55. The Morgan fingerprint density at radius 1 is 1.61 bits per heavy atom. The van der Waals surface area contributed by atoms with Crippen LogP contribution in [0, 0.1) is 6.92 Å². The number of nitrogens with zero attached hydrogens (tertiary/aromatic N) is 1. The second-order valence-corrected chi connectivity index (χ2v) is 5.25. The average molecular weight is 261 g/mol. The molecule has 1 aliphatic carbocycles. The number of allylic oxidation sites excluding steroid dienone is 3. The number of thiazole rings is 1. The molecule has 0 atom stereocenters. The number of aryl methyl sites for hydroxylation is 1. The van der Waals surface area contributed by atoms with Crippen molar-refractivity contribution >= 4 is 23.3 Å². The van der Waals surface area contributed by atoms with E-state index in [0.29, 0.717) is 5.70 Å². The highest BCUT2D eigenvalue weighted by Gasteiger charge is 2.06. The third-order valence-corrected chi connectivity index (χ3v) is 3.38. The van der Waals surface area contributed by atoms with Gasteiger partial charge in [0.25, 0.3) is 0 Å². The van der Waals surface area contributed by atoms with E-state index in [2.05, 4.69) is 10.3 Å². The molecule has 3 N–H and O–H groups in total. The second kappa shape index (κ2) is 5.64. The van der Waals surface area contributed by atoms with Gasteiger partial charge in [0.15, 0.2) is 0 Å². The van der Waals surface area contributed by atoms with Gasteiger partial charge in [-0.3, -0.25) is 4.79 Å². The van der Waals surface area contributed by atoms with E-state index in [0.717, 1.165) is 28.4 Å². The van der Waals surface area contributed by atoms with Crippen molar-refractivity contribution in [3.63, 3.8) is 0 Å². The van der Waals surface area contributed by atoms with Gasteiger partial charge >= 0.3 is 0 Å². The van der Waals surface area contributed by atoms with Crippen LogP contribution in [-0.4, -0.2) is 10.9 Å². The Hall–Kier alpha value is -1.88. The van der Waals surface area contributed by atoms with E-state index in [9.17, 15) is 4.79 Å². The SMILES string of the molecule is Cc1ncc(/C=C/C(=O)NC2=C(N)CCC=C2)s1. The molecule has 1 aromatic rings. The Bertz CT molecular complexity index is 540. The molecule has 0 bridgehead atoms. The Kier molecular flexibility index (Phi) is 3.94. The predicted molar refractivity (Wildman–Crippen MR) is 73.6 cm³/mol. The summed E-state index contributed by atoms with van der Waals surface area (Å²) in [6.45, 7) is 1.93. The van der Waals surface area contributed by atoms with Gasteiger partial charge in [0.2, 0.25) is 5.91 Å². The van der Waals surface area contributed by atoms with Crippen LogP contribution in [0.3, 0.4) is 0 Å². The van der Waals surface area contributed by atoms with Gasteiger partial charge in [0, 0.05) is 22.8 Å². The van der Waals surface area contributed by atoms with Crippen LogP contribution in [0.2, 0.25) is 0 Å². The van der Waals surface area contributed by atoms with E-state index in [1.54, 1.807) is 23.6 Å². The van der Waals surface area contributed by atoms with Crippen molar-refractivity contribution in [2.45, 2.75) is 19.8 Å². The van der Waals surface area contributed by atoms with Gasteiger partial charge in [-0.25, -0.2) is 4.98 Å². The first-order valence-electron chi connectivity index (χ1n) is 5.72. The minimum atomic E-state index is -0.175. The largest absolute Gasteiger partial charge is 0.400 e. The van der Waals surface area contributed by atoms with Crippen molar-refractivity contribution in [2.24, 2.45) is 5.73 Å². The van der Waals surface area contributed by atoms with Crippen LogP contribution < -0.4 is 11.1 Å². The zero-order valence-electron chi connectivity index (χ0n) is 10.1. The first-order chi connectivity index (χ1) is 8.65. The number of nitrogens with two attached hydrogens (primary N) is 1. The summed E-state index contributed by atoms with van der Waals surface area (Å²) in [6.07, 6.45) is 10.6. The van der Waals surface area contributed by atoms with Gasteiger partial charge in [-0.15, -0.1) is 11.3 Å². The molecule has 0 saturated heterocycles. The maximum Gasteiger partial charge on any atom is 0.248 e.